The summed E-state index contributed by atoms with van der Waals surface area (Å²) in [5.74, 6) is 1.46. The minimum absolute atomic E-state index is 0.0555. The number of rotatable bonds is 7. The van der Waals surface area contributed by atoms with E-state index < -0.39 is 16.1 Å². The minimum atomic E-state index is -4.20. The highest BCUT2D eigenvalue weighted by Crippen LogP contribution is 2.38. The number of nitrogens with zero attached hydrogens (tertiary/aromatic N) is 5. The lowest BCUT2D eigenvalue weighted by atomic mass is 9.82. The number of amides is 1. The number of benzene rings is 2. The standard InChI is InChI=1S/C44H56N6O4S/c1-29-14-12-19-33(22-31-15-8-6-9-16-31)39(29)40-30(2)41-48-43(47-40)49-55(52,53)37-21-13-20-34(23-37)42(51)50(36(28-54-41)24-44(3,4)5)27-38-45-25-35(26-46-38)32-17-10-7-11-18-32/h12-14,19-21,23,25-26,31-32,36H,6-11,15-18,22,24,27-28H2,1-5H3,(H,47,48,49)/t36-/m1/s1. The van der Waals surface area contributed by atoms with Crippen molar-refractivity contribution in [2.24, 2.45) is 11.3 Å². The van der Waals surface area contributed by atoms with Gasteiger partial charge in [0.25, 0.3) is 15.9 Å². The van der Waals surface area contributed by atoms with Crippen molar-refractivity contribution in [3.05, 3.63) is 88.5 Å². The molecule has 2 aromatic carbocycles. The molecule has 2 aromatic heterocycles. The van der Waals surface area contributed by atoms with Crippen molar-refractivity contribution in [3.8, 4) is 17.1 Å². The largest absolute Gasteiger partial charge is 0.475 e. The van der Waals surface area contributed by atoms with Crippen LogP contribution in [0.4, 0.5) is 5.95 Å². The Labute approximate surface area is 327 Å². The molecule has 7 rings (SSSR count). The van der Waals surface area contributed by atoms with Crippen LogP contribution < -0.4 is 9.46 Å². The fraction of sp³-hybridized carbons (Fsp3) is 0.523. The highest BCUT2D eigenvalue weighted by atomic mass is 32.2. The van der Waals surface area contributed by atoms with Gasteiger partial charge in [0.1, 0.15) is 12.4 Å². The van der Waals surface area contributed by atoms with Crippen molar-refractivity contribution in [2.45, 2.75) is 135 Å². The summed E-state index contributed by atoms with van der Waals surface area (Å²) in [6.07, 6.45) is 17.5. The van der Waals surface area contributed by atoms with Gasteiger partial charge in [0.05, 0.1) is 23.2 Å². The maximum atomic E-state index is 14.6. The Balaban J connectivity index is 1.31. The van der Waals surface area contributed by atoms with E-state index >= 15 is 0 Å². The Kier molecular flexibility index (Phi) is 11.6. The summed E-state index contributed by atoms with van der Waals surface area (Å²) < 4.78 is 37.3. The summed E-state index contributed by atoms with van der Waals surface area (Å²) in [5.41, 5.74) is 5.78. The Morgan fingerprint density at radius 1 is 0.891 bits per heavy atom. The van der Waals surface area contributed by atoms with E-state index in [9.17, 15) is 13.2 Å². The highest BCUT2D eigenvalue weighted by molar-refractivity contribution is 7.92. The summed E-state index contributed by atoms with van der Waals surface area (Å²) in [6.45, 7) is 10.7. The molecule has 0 radical (unpaired) electrons. The van der Waals surface area contributed by atoms with Gasteiger partial charge in [0, 0.05) is 29.1 Å². The molecule has 3 aliphatic rings. The Hall–Kier alpha value is -4.38. The molecule has 2 fully saturated rings. The molecule has 4 aromatic rings. The van der Waals surface area contributed by atoms with E-state index in [4.69, 9.17) is 24.7 Å². The normalized spacial score (nSPS) is 19.8. The van der Waals surface area contributed by atoms with E-state index in [1.165, 1.54) is 69.1 Å². The molecule has 292 valence electrons. The van der Waals surface area contributed by atoms with Gasteiger partial charge in [-0.15, -0.1) is 0 Å². The van der Waals surface area contributed by atoms with Crippen LogP contribution in [0.5, 0.6) is 5.88 Å². The first kappa shape index (κ1) is 38.9. The van der Waals surface area contributed by atoms with Gasteiger partial charge < -0.3 is 9.64 Å². The second-order valence-electron chi connectivity index (χ2n) is 17.2. The average molecular weight is 765 g/mol. The van der Waals surface area contributed by atoms with Crippen LogP contribution in [0.2, 0.25) is 0 Å². The van der Waals surface area contributed by atoms with Crippen molar-refractivity contribution < 1.29 is 17.9 Å². The molecule has 0 spiro atoms. The molecule has 1 aliphatic heterocycles. The number of anilines is 1. The molecule has 55 heavy (non-hydrogen) atoms. The number of hydrogen-bond donors (Lipinski definition) is 1. The number of carbonyl (C=O) groups excluding carboxylic acids is 1. The first-order chi connectivity index (χ1) is 26.3. The summed E-state index contributed by atoms with van der Waals surface area (Å²) >= 11 is 0. The van der Waals surface area contributed by atoms with Crippen LogP contribution >= 0.6 is 0 Å². The topological polar surface area (TPSA) is 127 Å². The van der Waals surface area contributed by atoms with Gasteiger partial charge in [0.2, 0.25) is 11.8 Å². The SMILES string of the molecule is Cc1cccc(CC2CCCCC2)c1-c1nc2nc(c1C)OC[C@@H](CC(C)(C)C)N(Cc1ncc(C3CCCCC3)cn1)C(=O)c1cccc(c1)S(=O)(=O)N2. The van der Waals surface area contributed by atoms with Gasteiger partial charge in [-0.2, -0.15) is 4.98 Å². The predicted octanol–water partition coefficient (Wildman–Crippen LogP) is 9.36. The van der Waals surface area contributed by atoms with E-state index in [2.05, 4.69) is 50.6 Å². The monoisotopic (exact) mass is 764 g/mol. The average Bonchev–Trinajstić information content (AvgIpc) is 3.17. The Bertz CT molecular complexity index is 2100. The number of aromatic nitrogens is 4. The minimum Gasteiger partial charge on any atom is -0.475 e. The zero-order valence-corrected chi connectivity index (χ0v) is 33.9. The van der Waals surface area contributed by atoms with Crippen LogP contribution in [0.25, 0.3) is 11.3 Å². The second kappa shape index (κ2) is 16.4. The third kappa shape index (κ3) is 9.20. The first-order valence-corrected chi connectivity index (χ1v) is 21.7. The molecule has 11 heteroatoms. The number of aryl methyl sites for hydroxylation is 1. The van der Waals surface area contributed by atoms with E-state index in [1.807, 2.05) is 19.3 Å². The molecule has 0 unspecified atom stereocenters. The van der Waals surface area contributed by atoms with E-state index in [0.29, 0.717) is 35.3 Å². The van der Waals surface area contributed by atoms with Crippen molar-refractivity contribution in [2.75, 3.05) is 11.3 Å². The van der Waals surface area contributed by atoms with Crippen LogP contribution in [0.1, 0.15) is 136 Å². The van der Waals surface area contributed by atoms with E-state index in [0.717, 1.165) is 36.0 Å². The van der Waals surface area contributed by atoms with E-state index in [1.54, 1.807) is 17.0 Å². The van der Waals surface area contributed by atoms with Crippen molar-refractivity contribution in [1.82, 2.24) is 24.8 Å². The molecular weight excluding hydrogens is 709 g/mol. The van der Waals surface area contributed by atoms with Crippen molar-refractivity contribution in [3.63, 3.8) is 0 Å². The molecule has 3 heterocycles. The smallest absolute Gasteiger partial charge is 0.264 e. The van der Waals surface area contributed by atoms with Gasteiger partial charge in [-0.1, -0.05) is 96.4 Å². The number of ether oxygens (including phenoxy) is 1. The van der Waals surface area contributed by atoms with Crippen molar-refractivity contribution in [1.29, 1.82) is 0 Å². The third-order valence-electron chi connectivity index (χ3n) is 11.6. The van der Waals surface area contributed by atoms with Crippen LogP contribution in [0.3, 0.4) is 0 Å². The number of nitrogens with one attached hydrogen (secondary N) is 1. The number of fused-ring (bicyclic) bond motifs is 4. The van der Waals surface area contributed by atoms with Gasteiger partial charge in [-0.3, -0.25) is 4.79 Å². The number of sulfonamides is 1. The van der Waals surface area contributed by atoms with Crippen LogP contribution in [-0.4, -0.2) is 51.8 Å². The molecule has 0 saturated heterocycles. The molecule has 1 atom stereocenters. The summed E-state index contributed by atoms with van der Waals surface area (Å²) in [4.78, 5) is 35.5. The molecule has 1 amide bonds. The Morgan fingerprint density at radius 2 is 1.58 bits per heavy atom. The lowest BCUT2D eigenvalue weighted by molar-refractivity contribution is 0.0504. The zero-order valence-electron chi connectivity index (χ0n) is 33.1. The summed E-state index contributed by atoms with van der Waals surface area (Å²) in [7, 11) is -4.20. The number of hydrogen-bond acceptors (Lipinski definition) is 8. The fourth-order valence-electron chi connectivity index (χ4n) is 8.76. The second-order valence-corrected chi connectivity index (χ2v) is 18.9. The molecule has 2 saturated carbocycles. The highest BCUT2D eigenvalue weighted by Gasteiger charge is 2.33. The molecular formula is C44H56N6O4S. The van der Waals surface area contributed by atoms with Crippen molar-refractivity contribution >= 4 is 21.9 Å². The van der Waals surface area contributed by atoms with Gasteiger partial charge in [-0.25, -0.2) is 28.1 Å². The Morgan fingerprint density at radius 3 is 2.29 bits per heavy atom. The quantitative estimate of drug-likeness (QED) is 0.197. The zero-order chi connectivity index (χ0) is 38.7. The van der Waals surface area contributed by atoms with Gasteiger partial charge in [-0.05, 0) is 91.7 Å². The molecule has 1 N–H and O–H groups in total. The first-order valence-electron chi connectivity index (χ1n) is 20.2. The molecule has 10 nitrogen and oxygen atoms in total. The van der Waals surface area contributed by atoms with Gasteiger partial charge in [0.15, 0.2) is 0 Å². The predicted molar refractivity (Wildman–Crippen MR) is 216 cm³/mol. The summed E-state index contributed by atoms with van der Waals surface area (Å²) in [5, 5.41) is 0. The van der Waals surface area contributed by atoms with Crippen LogP contribution in [0.15, 0.2) is 59.8 Å². The van der Waals surface area contributed by atoms with Crippen LogP contribution in [0, 0.1) is 25.2 Å². The summed E-state index contributed by atoms with van der Waals surface area (Å²) in [6, 6.07) is 12.1. The molecule has 4 bridgehead atoms. The van der Waals surface area contributed by atoms with E-state index in [-0.39, 0.29) is 46.8 Å². The molecule has 2 aliphatic carbocycles. The van der Waals surface area contributed by atoms with Gasteiger partial charge >= 0.3 is 0 Å². The maximum absolute atomic E-state index is 14.6. The lowest BCUT2D eigenvalue weighted by Gasteiger charge is -2.35. The fourth-order valence-corrected chi connectivity index (χ4v) is 9.75. The maximum Gasteiger partial charge on any atom is 0.264 e. The lowest BCUT2D eigenvalue weighted by Crippen LogP contribution is -2.45. The van der Waals surface area contributed by atoms with Crippen LogP contribution in [-0.2, 0) is 23.0 Å². The number of carbonyl (C=O) groups is 1. The third-order valence-corrected chi connectivity index (χ3v) is 12.9.